The van der Waals surface area contributed by atoms with E-state index in [1.54, 1.807) is 31.2 Å². The topological polar surface area (TPSA) is 90.3 Å². The fourth-order valence-corrected chi connectivity index (χ4v) is 4.49. The minimum absolute atomic E-state index is 0.0145. The molecule has 0 aliphatic carbocycles. The molecule has 0 bridgehead atoms. The van der Waals surface area contributed by atoms with Crippen LogP contribution in [-0.4, -0.2) is 25.1 Å². The number of para-hydroxylation sites is 1. The summed E-state index contributed by atoms with van der Waals surface area (Å²) in [7, 11) is -3.13. The van der Waals surface area contributed by atoms with E-state index in [0.717, 1.165) is 12.1 Å². The highest BCUT2D eigenvalue weighted by molar-refractivity contribution is 7.92. The van der Waals surface area contributed by atoms with E-state index < -0.39 is 26.6 Å². The summed E-state index contributed by atoms with van der Waals surface area (Å²) >= 11 is 0. The molecule has 4 aromatic rings. The number of sulfonamides is 1. The molecule has 7 nitrogen and oxygen atoms in total. The summed E-state index contributed by atoms with van der Waals surface area (Å²) in [6.07, 6.45) is 0. The molecule has 0 fully saturated rings. The van der Waals surface area contributed by atoms with Gasteiger partial charge in [-0.2, -0.15) is 0 Å². The lowest BCUT2D eigenvalue weighted by molar-refractivity contribution is 0.416. The van der Waals surface area contributed by atoms with E-state index in [9.17, 15) is 22.0 Å². The molecule has 0 unspecified atom stereocenters. The number of hydrogen-bond donors (Lipinski definition) is 1. The number of benzene rings is 3. The maximum atomic E-state index is 14.0. The number of rotatable bonds is 5. The first-order valence-corrected chi connectivity index (χ1v) is 10.8. The monoisotopic (exact) mass is 457 g/mol. The number of anilines is 1. The van der Waals surface area contributed by atoms with Gasteiger partial charge in [-0.1, -0.05) is 12.1 Å². The van der Waals surface area contributed by atoms with Crippen molar-refractivity contribution < 1.29 is 21.9 Å². The third-order valence-corrected chi connectivity index (χ3v) is 6.19. The van der Waals surface area contributed by atoms with Gasteiger partial charge in [0.15, 0.2) is 0 Å². The van der Waals surface area contributed by atoms with Crippen LogP contribution in [0.5, 0.6) is 5.75 Å². The molecule has 1 aromatic heterocycles. The van der Waals surface area contributed by atoms with Gasteiger partial charge in [0.2, 0.25) is 0 Å². The van der Waals surface area contributed by atoms with Crippen molar-refractivity contribution >= 4 is 26.6 Å². The average Bonchev–Trinajstić information content (AvgIpc) is 2.76. The van der Waals surface area contributed by atoms with Crippen LogP contribution in [0.2, 0.25) is 0 Å². The van der Waals surface area contributed by atoms with Crippen LogP contribution in [0.15, 0.2) is 70.4 Å². The van der Waals surface area contributed by atoms with E-state index in [2.05, 4.69) is 9.71 Å². The molecule has 0 saturated heterocycles. The maximum Gasteiger partial charge on any atom is 0.265 e. The molecule has 0 atom stereocenters. The summed E-state index contributed by atoms with van der Waals surface area (Å²) in [6.45, 7) is 1.67. The smallest absolute Gasteiger partial charge is 0.265 e. The predicted molar refractivity (Wildman–Crippen MR) is 116 cm³/mol. The Labute approximate surface area is 182 Å². The molecular weight excluding hydrogens is 440 g/mol. The number of hydrogen-bond acceptors (Lipinski definition) is 5. The molecule has 0 aliphatic heterocycles. The molecule has 1 heterocycles. The molecule has 3 aromatic carbocycles. The fourth-order valence-electron chi connectivity index (χ4n) is 3.33. The van der Waals surface area contributed by atoms with Gasteiger partial charge in [-0.15, -0.1) is 0 Å². The Kier molecular flexibility index (Phi) is 5.39. The number of halogens is 2. The van der Waals surface area contributed by atoms with Crippen LogP contribution in [0.3, 0.4) is 0 Å². The van der Waals surface area contributed by atoms with Crippen LogP contribution >= 0.6 is 0 Å². The van der Waals surface area contributed by atoms with Crippen molar-refractivity contribution in [1.29, 1.82) is 0 Å². The zero-order chi connectivity index (χ0) is 23.0. The van der Waals surface area contributed by atoms with Crippen LogP contribution in [0.1, 0.15) is 5.82 Å². The van der Waals surface area contributed by atoms with Crippen molar-refractivity contribution in [3.05, 3.63) is 88.5 Å². The van der Waals surface area contributed by atoms with Gasteiger partial charge in [-0.3, -0.25) is 14.1 Å². The Morgan fingerprint density at radius 3 is 2.53 bits per heavy atom. The average molecular weight is 457 g/mol. The van der Waals surface area contributed by atoms with Crippen molar-refractivity contribution in [3.8, 4) is 11.4 Å². The summed E-state index contributed by atoms with van der Waals surface area (Å²) in [4.78, 5) is 16.6. The number of methoxy groups -OCH3 is 1. The second-order valence-electron chi connectivity index (χ2n) is 6.88. The third-order valence-electron chi connectivity index (χ3n) is 4.81. The molecule has 0 saturated carbocycles. The first-order chi connectivity index (χ1) is 15.2. The van der Waals surface area contributed by atoms with Crippen molar-refractivity contribution in [2.75, 3.05) is 11.8 Å². The van der Waals surface area contributed by atoms with Crippen molar-refractivity contribution in [3.63, 3.8) is 0 Å². The number of aryl methyl sites for hydroxylation is 1. The van der Waals surface area contributed by atoms with Crippen LogP contribution in [0.4, 0.5) is 14.5 Å². The molecule has 164 valence electrons. The summed E-state index contributed by atoms with van der Waals surface area (Å²) in [6, 6.07) is 13.3. The lowest BCUT2D eigenvalue weighted by Crippen LogP contribution is -2.22. The van der Waals surface area contributed by atoms with Crippen LogP contribution < -0.4 is 15.0 Å². The second kappa shape index (κ2) is 8.04. The Morgan fingerprint density at radius 1 is 1.03 bits per heavy atom. The normalized spacial score (nSPS) is 11.5. The molecule has 10 heteroatoms. The minimum atomic E-state index is -4.45. The van der Waals surface area contributed by atoms with Gasteiger partial charge in [0, 0.05) is 6.07 Å². The molecule has 4 rings (SSSR count). The third kappa shape index (κ3) is 3.80. The van der Waals surface area contributed by atoms with Crippen molar-refractivity contribution in [2.45, 2.75) is 11.8 Å². The summed E-state index contributed by atoms with van der Waals surface area (Å²) in [5.74, 6) is -1.50. The van der Waals surface area contributed by atoms with E-state index in [1.165, 1.54) is 29.9 Å². The molecule has 1 N–H and O–H groups in total. The van der Waals surface area contributed by atoms with Crippen molar-refractivity contribution in [2.24, 2.45) is 0 Å². The number of fused-ring (bicyclic) bond motifs is 1. The van der Waals surface area contributed by atoms with Gasteiger partial charge in [-0.25, -0.2) is 22.2 Å². The van der Waals surface area contributed by atoms with Gasteiger partial charge >= 0.3 is 0 Å². The van der Waals surface area contributed by atoms with Gasteiger partial charge in [0.25, 0.3) is 15.6 Å². The summed E-state index contributed by atoms with van der Waals surface area (Å²) < 4.78 is 61.5. The standard InChI is InChI=1S/C22H17F2N3O4S/c1-13-25-18-6-4-3-5-16(18)22(28)27(13)15-8-10-19(20(12-15)31-2)26-32(29,30)21-11-14(23)7-9-17(21)24/h3-12,26H,1-2H3. The molecule has 0 amide bonds. The van der Waals surface area contributed by atoms with E-state index in [-0.39, 0.29) is 17.0 Å². The SMILES string of the molecule is COc1cc(-n2c(C)nc3ccccc3c2=O)ccc1NS(=O)(=O)c1cc(F)ccc1F. The first kappa shape index (κ1) is 21.4. The number of aromatic nitrogens is 2. The van der Waals surface area contributed by atoms with Gasteiger partial charge < -0.3 is 4.74 Å². The zero-order valence-corrected chi connectivity index (χ0v) is 17.8. The largest absolute Gasteiger partial charge is 0.494 e. The lowest BCUT2D eigenvalue weighted by Gasteiger charge is -2.16. The van der Waals surface area contributed by atoms with E-state index in [1.807, 2.05) is 0 Å². The van der Waals surface area contributed by atoms with Gasteiger partial charge in [0.1, 0.15) is 28.1 Å². The molecule has 32 heavy (non-hydrogen) atoms. The zero-order valence-electron chi connectivity index (χ0n) is 17.0. The summed E-state index contributed by atoms with van der Waals surface area (Å²) in [5.41, 5.74) is 0.631. The Morgan fingerprint density at radius 2 is 1.78 bits per heavy atom. The van der Waals surface area contributed by atoms with Crippen LogP contribution in [0.25, 0.3) is 16.6 Å². The Bertz CT molecular complexity index is 1520. The quantitative estimate of drug-likeness (QED) is 0.493. The summed E-state index contributed by atoms with van der Waals surface area (Å²) in [5, 5.41) is 0.420. The van der Waals surface area contributed by atoms with E-state index >= 15 is 0 Å². The fraction of sp³-hybridized carbons (Fsp3) is 0.0909. The number of nitrogens with one attached hydrogen (secondary N) is 1. The second-order valence-corrected chi connectivity index (χ2v) is 8.53. The first-order valence-electron chi connectivity index (χ1n) is 9.36. The van der Waals surface area contributed by atoms with Gasteiger partial charge in [0.05, 0.1) is 29.4 Å². The van der Waals surface area contributed by atoms with Crippen LogP contribution in [-0.2, 0) is 10.0 Å². The predicted octanol–water partition coefficient (Wildman–Crippen LogP) is 3.78. The molecular formula is C22H17F2N3O4S. The number of ether oxygens (including phenoxy) is 1. The highest BCUT2D eigenvalue weighted by atomic mass is 32.2. The molecule has 0 radical (unpaired) electrons. The molecule has 0 aliphatic rings. The van der Waals surface area contributed by atoms with E-state index in [4.69, 9.17) is 4.74 Å². The van der Waals surface area contributed by atoms with Crippen molar-refractivity contribution in [1.82, 2.24) is 9.55 Å². The number of nitrogens with zero attached hydrogens (tertiary/aromatic N) is 2. The Hall–Kier alpha value is -3.79. The Balaban J connectivity index is 1.79. The van der Waals surface area contributed by atoms with E-state index in [0.29, 0.717) is 28.5 Å². The minimum Gasteiger partial charge on any atom is -0.494 e. The van der Waals surface area contributed by atoms with Gasteiger partial charge in [-0.05, 0) is 49.4 Å². The highest BCUT2D eigenvalue weighted by Gasteiger charge is 2.22. The highest BCUT2D eigenvalue weighted by Crippen LogP contribution is 2.30. The van der Waals surface area contributed by atoms with Crippen LogP contribution in [0, 0.1) is 18.6 Å². The maximum absolute atomic E-state index is 14.0. The molecule has 0 spiro atoms. The lowest BCUT2D eigenvalue weighted by atomic mass is 10.2.